The van der Waals surface area contributed by atoms with Crippen LogP contribution >= 0.6 is 11.3 Å². The minimum absolute atomic E-state index is 0.250. The van der Waals surface area contributed by atoms with Gasteiger partial charge in [0.25, 0.3) is 15.2 Å². The summed E-state index contributed by atoms with van der Waals surface area (Å²) in [7, 11) is -3.95. The van der Waals surface area contributed by atoms with Crippen molar-refractivity contribution in [2.24, 2.45) is 5.14 Å². The molecule has 1 aromatic carbocycles. The molecule has 8 heteroatoms. The Hall–Kier alpha value is -2.03. The third-order valence-corrected chi connectivity index (χ3v) is 4.53. The molecule has 0 saturated carbocycles. The zero-order valence-corrected chi connectivity index (χ0v) is 12.5. The standard InChI is InChI=1S/C13H12N4O2S2/c14-21(18,19)13-16-15-12(9-11-7-4-8-20-11)17(13)10-5-2-1-3-6-10/h1-8H,9H2,(H2,14,18,19). The third-order valence-electron chi connectivity index (χ3n) is 2.88. The lowest BCUT2D eigenvalue weighted by molar-refractivity contribution is 0.584. The minimum Gasteiger partial charge on any atom is -0.268 e. The van der Waals surface area contributed by atoms with Gasteiger partial charge in [0, 0.05) is 17.0 Å². The van der Waals surface area contributed by atoms with Gasteiger partial charge in [0.1, 0.15) is 5.82 Å². The summed E-state index contributed by atoms with van der Waals surface area (Å²) in [5, 5.41) is 14.7. The molecule has 3 aromatic rings. The molecule has 0 aliphatic carbocycles. The van der Waals surface area contributed by atoms with Gasteiger partial charge in [0.05, 0.1) is 0 Å². The molecule has 0 spiro atoms. The summed E-state index contributed by atoms with van der Waals surface area (Å²) in [5.74, 6) is 0.535. The Morgan fingerprint density at radius 3 is 2.48 bits per heavy atom. The van der Waals surface area contributed by atoms with Gasteiger partial charge in [-0.2, -0.15) is 0 Å². The second kappa shape index (κ2) is 5.40. The molecule has 2 aromatic heterocycles. The van der Waals surface area contributed by atoms with E-state index in [4.69, 9.17) is 5.14 Å². The lowest BCUT2D eigenvalue weighted by Crippen LogP contribution is -2.18. The number of benzene rings is 1. The molecule has 0 aliphatic rings. The van der Waals surface area contributed by atoms with Gasteiger partial charge in [0.15, 0.2) is 0 Å². The lowest BCUT2D eigenvalue weighted by atomic mass is 10.3. The average Bonchev–Trinajstić information content (AvgIpc) is 3.09. The number of thiophene rings is 1. The highest BCUT2D eigenvalue weighted by molar-refractivity contribution is 7.89. The first-order valence-electron chi connectivity index (χ1n) is 6.10. The molecule has 0 atom stereocenters. The van der Waals surface area contributed by atoms with Crippen LogP contribution in [0.4, 0.5) is 0 Å². The maximum Gasteiger partial charge on any atom is 0.274 e. The number of aromatic nitrogens is 3. The Morgan fingerprint density at radius 2 is 1.86 bits per heavy atom. The summed E-state index contributed by atoms with van der Waals surface area (Å²) in [6.45, 7) is 0. The first-order valence-corrected chi connectivity index (χ1v) is 8.53. The Kier molecular flexibility index (Phi) is 3.58. The highest BCUT2D eigenvalue weighted by atomic mass is 32.2. The van der Waals surface area contributed by atoms with Crippen LogP contribution in [0.1, 0.15) is 10.7 Å². The number of sulfonamides is 1. The van der Waals surface area contributed by atoms with E-state index in [1.54, 1.807) is 23.5 Å². The Morgan fingerprint density at radius 1 is 1.10 bits per heavy atom. The molecule has 108 valence electrons. The fraction of sp³-hybridized carbons (Fsp3) is 0.0769. The van der Waals surface area contributed by atoms with Crippen LogP contribution in [0.15, 0.2) is 53.0 Å². The normalized spacial score (nSPS) is 11.7. The first kappa shape index (κ1) is 13.9. The molecular weight excluding hydrogens is 308 g/mol. The number of para-hydroxylation sites is 1. The quantitative estimate of drug-likeness (QED) is 0.790. The molecule has 6 nitrogen and oxygen atoms in total. The van der Waals surface area contributed by atoms with Crippen LogP contribution in [0.25, 0.3) is 5.69 Å². The Balaban J connectivity index is 2.15. The van der Waals surface area contributed by atoms with Gasteiger partial charge in [-0.1, -0.05) is 24.3 Å². The zero-order chi connectivity index (χ0) is 14.9. The lowest BCUT2D eigenvalue weighted by Gasteiger charge is -2.08. The van der Waals surface area contributed by atoms with Crippen molar-refractivity contribution < 1.29 is 8.42 Å². The monoisotopic (exact) mass is 320 g/mol. The molecule has 0 bridgehead atoms. The van der Waals surface area contributed by atoms with Gasteiger partial charge < -0.3 is 0 Å². The summed E-state index contributed by atoms with van der Waals surface area (Å²) >= 11 is 1.58. The van der Waals surface area contributed by atoms with Crippen molar-refractivity contribution in [2.75, 3.05) is 0 Å². The van der Waals surface area contributed by atoms with Gasteiger partial charge in [-0.05, 0) is 23.6 Å². The SMILES string of the molecule is NS(=O)(=O)c1nnc(Cc2cccs2)n1-c1ccccc1. The van der Waals surface area contributed by atoms with Crippen LogP contribution < -0.4 is 5.14 Å². The van der Waals surface area contributed by atoms with Crippen LogP contribution in [-0.4, -0.2) is 23.2 Å². The summed E-state index contributed by atoms with van der Waals surface area (Å²) in [5.41, 5.74) is 0.665. The fourth-order valence-corrected chi connectivity index (χ4v) is 3.33. The maximum absolute atomic E-state index is 11.7. The Labute approximate surface area is 125 Å². The van der Waals surface area contributed by atoms with Crippen molar-refractivity contribution in [1.29, 1.82) is 0 Å². The van der Waals surface area contributed by atoms with Crippen molar-refractivity contribution in [3.05, 3.63) is 58.5 Å². The van der Waals surface area contributed by atoms with Crippen LogP contribution in [-0.2, 0) is 16.4 Å². The van der Waals surface area contributed by atoms with Crippen LogP contribution in [0.5, 0.6) is 0 Å². The number of hydrogen-bond acceptors (Lipinski definition) is 5. The van der Waals surface area contributed by atoms with Gasteiger partial charge in [-0.25, -0.2) is 13.6 Å². The topological polar surface area (TPSA) is 90.9 Å². The summed E-state index contributed by atoms with van der Waals surface area (Å²) in [4.78, 5) is 1.07. The van der Waals surface area contributed by atoms with E-state index >= 15 is 0 Å². The highest BCUT2D eigenvalue weighted by Gasteiger charge is 2.22. The van der Waals surface area contributed by atoms with Crippen molar-refractivity contribution >= 4 is 21.4 Å². The molecule has 0 radical (unpaired) electrons. The molecule has 21 heavy (non-hydrogen) atoms. The maximum atomic E-state index is 11.7. The zero-order valence-electron chi connectivity index (χ0n) is 10.9. The molecule has 0 fully saturated rings. The molecular formula is C13H12N4O2S2. The average molecular weight is 320 g/mol. The van der Waals surface area contributed by atoms with E-state index in [1.807, 2.05) is 35.7 Å². The number of rotatable bonds is 4. The molecule has 3 rings (SSSR count). The van der Waals surface area contributed by atoms with E-state index in [-0.39, 0.29) is 5.16 Å². The van der Waals surface area contributed by atoms with Gasteiger partial charge in [-0.15, -0.1) is 21.5 Å². The minimum atomic E-state index is -3.95. The molecule has 2 heterocycles. The van der Waals surface area contributed by atoms with Crippen LogP contribution in [0.2, 0.25) is 0 Å². The van der Waals surface area contributed by atoms with Crippen LogP contribution in [0, 0.1) is 0 Å². The van der Waals surface area contributed by atoms with Crippen molar-refractivity contribution in [3.63, 3.8) is 0 Å². The van der Waals surface area contributed by atoms with E-state index in [2.05, 4.69) is 10.2 Å². The van der Waals surface area contributed by atoms with Crippen LogP contribution in [0.3, 0.4) is 0 Å². The number of nitrogens with zero attached hydrogens (tertiary/aromatic N) is 3. The number of primary sulfonamides is 1. The second-order valence-electron chi connectivity index (χ2n) is 4.37. The number of nitrogens with two attached hydrogens (primary N) is 1. The largest absolute Gasteiger partial charge is 0.274 e. The second-order valence-corrected chi connectivity index (χ2v) is 6.86. The van der Waals surface area contributed by atoms with Gasteiger partial charge in [0.2, 0.25) is 0 Å². The van der Waals surface area contributed by atoms with E-state index < -0.39 is 10.0 Å². The van der Waals surface area contributed by atoms with E-state index in [1.165, 1.54) is 4.57 Å². The predicted molar refractivity (Wildman–Crippen MR) is 79.9 cm³/mol. The summed E-state index contributed by atoms with van der Waals surface area (Å²) in [6.07, 6.45) is 0.495. The Bertz CT molecular complexity index is 840. The molecule has 0 aliphatic heterocycles. The van der Waals surface area contributed by atoms with Gasteiger partial charge >= 0.3 is 0 Å². The van der Waals surface area contributed by atoms with E-state index in [9.17, 15) is 8.42 Å². The molecule has 0 unspecified atom stereocenters. The third kappa shape index (κ3) is 2.87. The summed E-state index contributed by atoms with van der Waals surface area (Å²) < 4.78 is 24.9. The first-order chi connectivity index (χ1) is 10.1. The van der Waals surface area contributed by atoms with E-state index in [0.29, 0.717) is 17.9 Å². The van der Waals surface area contributed by atoms with Gasteiger partial charge in [-0.3, -0.25) is 4.57 Å². The fourth-order valence-electron chi connectivity index (χ4n) is 2.00. The number of hydrogen-bond donors (Lipinski definition) is 1. The van der Waals surface area contributed by atoms with Crippen molar-refractivity contribution in [2.45, 2.75) is 11.6 Å². The van der Waals surface area contributed by atoms with Crippen molar-refractivity contribution in [1.82, 2.24) is 14.8 Å². The molecule has 0 saturated heterocycles. The predicted octanol–water partition coefficient (Wildman–Crippen LogP) is 1.57. The highest BCUT2D eigenvalue weighted by Crippen LogP contribution is 2.20. The van der Waals surface area contributed by atoms with Crippen molar-refractivity contribution in [3.8, 4) is 5.69 Å². The van der Waals surface area contributed by atoms with E-state index in [0.717, 1.165) is 4.88 Å². The molecule has 2 N–H and O–H groups in total. The smallest absolute Gasteiger partial charge is 0.268 e. The molecule has 0 amide bonds. The summed E-state index contributed by atoms with van der Waals surface area (Å²) in [6, 6.07) is 13.0.